The fourth-order valence-electron chi connectivity index (χ4n) is 2.59. The predicted octanol–water partition coefficient (Wildman–Crippen LogP) is 4.72. The Labute approximate surface area is 144 Å². The Bertz CT molecular complexity index is 892. The van der Waals surface area contributed by atoms with Gasteiger partial charge in [0.2, 0.25) is 0 Å². The fraction of sp³-hybridized carbons (Fsp3) is 0.105. The van der Waals surface area contributed by atoms with Gasteiger partial charge in [-0.15, -0.1) is 0 Å². The molecule has 4 nitrogen and oxygen atoms in total. The van der Waals surface area contributed by atoms with Crippen LogP contribution in [0.15, 0.2) is 55.0 Å². The number of carboxylic acid groups (broad SMARTS) is 1. The van der Waals surface area contributed by atoms with Crippen LogP contribution in [0.25, 0.3) is 22.3 Å². The highest BCUT2D eigenvalue weighted by Gasteiger charge is 2.12. The summed E-state index contributed by atoms with van der Waals surface area (Å²) in [5.74, 6) is -0.970. The molecule has 0 atom stereocenters. The Balaban J connectivity index is 2.20. The second-order valence-electron chi connectivity index (χ2n) is 5.35. The van der Waals surface area contributed by atoms with Gasteiger partial charge in [-0.2, -0.15) is 0 Å². The monoisotopic (exact) mass is 338 g/mol. The van der Waals surface area contributed by atoms with E-state index in [9.17, 15) is 9.90 Å². The molecule has 0 unspecified atom stereocenters. The van der Waals surface area contributed by atoms with Gasteiger partial charge in [0.25, 0.3) is 0 Å². The molecule has 0 radical (unpaired) electrons. The average Bonchev–Trinajstić information content (AvgIpc) is 2.61. The van der Waals surface area contributed by atoms with E-state index in [2.05, 4.69) is 9.97 Å². The van der Waals surface area contributed by atoms with E-state index < -0.39 is 5.97 Å². The van der Waals surface area contributed by atoms with Gasteiger partial charge in [-0.25, -0.2) is 14.8 Å². The number of halogens is 1. The van der Waals surface area contributed by atoms with Gasteiger partial charge >= 0.3 is 5.97 Å². The van der Waals surface area contributed by atoms with Crippen LogP contribution < -0.4 is 0 Å². The van der Waals surface area contributed by atoms with Crippen LogP contribution in [-0.4, -0.2) is 21.0 Å². The molecule has 0 fully saturated rings. The van der Waals surface area contributed by atoms with E-state index in [1.165, 1.54) is 6.33 Å². The van der Waals surface area contributed by atoms with Crippen LogP contribution in [-0.2, 0) is 6.42 Å². The Hall–Kier alpha value is -2.72. The molecular weight excluding hydrogens is 324 g/mol. The van der Waals surface area contributed by atoms with Crippen LogP contribution in [0.5, 0.6) is 0 Å². The van der Waals surface area contributed by atoms with Gasteiger partial charge in [-0.3, -0.25) is 0 Å². The molecule has 1 aromatic heterocycles. The van der Waals surface area contributed by atoms with Crippen molar-refractivity contribution in [1.29, 1.82) is 0 Å². The standard InChI is InChI=1S/C19H15ClN2O2/c1-2-18-17(10-21-11-22-18)14-7-13(8-15(9-14)19(23)24)12-3-5-16(20)6-4-12/h3-11H,2H2,1H3,(H,23,24). The third-order valence-corrected chi connectivity index (χ3v) is 4.05. The maximum atomic E-state index is 11.5. The zero-order chi connectivity index (χ0) is 17.1. The van der Waals surface area contributed by atoms with Crippen LogP contribution >= 0.6 is 11.6 Å². The highest BCUT2D eigenvalue weighted by atomic mass is 35.5. The first kappa shape index (κ1) is 16.1. The van der Waals surface area contributed by atoms with Crippen molar-refractivity contribution in [3.05, 3.63) is 71.3 Å². The molecular formula is C19H15ClN2O2. The first-order valence-corrected chi connectivity index (χ1v) is 7.90. The van der Waals surface area contributed by atoms with Crippen molar-refractivity contribution in [2.75, 3.05) is 0 Å². The molecule has 0 bridgehead atoms. The van der Waals surface area contributed by atoms with E-state index in [-0.39, 0.29) is 5.56 Å². The number of hydrogen-bond acceptors (Lipinski definition) is 3. The minimum Gasteiger partial charge on any atom is -0.478 e. The Kier molecular flexibility index (Phi) is 4.58. The molecule has 0 saturated carbocycles. The summed E-state index contributed by atoms with van der Waals surface area (Å²) in [5, 5.41) is 10.1. The van der Waals surface area contributed by atoms with E-state index in [1.54, 1.807) is 30.5 Å². The largest absolute Gasteiger partial charge is 0.478 e. The van der Waals surface area contributed by atoms with Gasteiger partial charge in [-0.05, 0) is 53.4 Å². The summed E-state index contributed by atoms with van der Waals surface area (Å²) in [7, 11) is 0. The molecule has 0 aliphatic heterocycles. The normalized spacial score (nSPS) is 10.6. The Morgan fingerprint density at radius 2 is 1.79 bits per heavy atom. The number of nitrogens with zero attached hydrogens (tertiary/aromatic N) is 2. The van der Waals surface area contributed by atoms with Crippen LogP contribution in [0.4, 0.5) is 0 Å². The van der Waals surface area contributed by atoms with Gasteiger partial charge in [0, 0.05) is 16.8 Å². The number of aromatic nitrogens is 2. The maximum absolute atomic E-state index is 11.5. The zero-order valence-corrected chi connectivity index (χ0v) is 13.8. The minimum atomic E-state index is -0.970. The molecule has 1 N–H and O–H groups in total. The molecule has 0 aliphatic rings. The SMILES string of the molecule is CCc1ncncc1-c1cc(C(=O)O)cc(-c2ccc(Cl)cc2)c1. The lowest BCUT2D eigenvalue weighted by molar-refractivity contribution is 0.0697. The molecule has 3 aromatic rings. The van der Waals surface area contributed by atoms with Gasteiger partial charge < -0.3 is 5.11 Å². The van der Waals surface area contributed by atoms with Crippen molar-refractivity contribution in [2.24, 2.45) is 0 Å². The molecule has 3 rings (SSSR count). The zero-order valence-electron chi connectivity index (χ0n) is 13.0. The summed E-state index contributed by atoms with van der Waals surface area (Å²) in [6.45, 7) is 2.01. The van der Waals surface area contributed by atoms with Gasteiger partial charge in [0.05, 0.1) is 11.3 Å². The van der Waals surface area contributed by atoms with Crippen molar-refractivity contribution in [2.45, 2.75) is 13.3 Å². The molecule has 5 heteroatoms. The third kappa shape index (κ3) is 3.29. The summed E-state index contributed by atoms with van der Waals surface area (Å²) in [6.07, 6.45) is 3.97. The predicted molar refractivity (Wildman–Crippen MR) is 94.3 cm³/mol. The van der Waals surface area contributed by atoms with Crippen molar-refractivity contribution < 1.29 is 9.90 Å². The first-order chi connectivity index (χ1) is 11.6. The molecule has 0 aliphatic carbocycles. The van der Waals surface area contributed by atoms with Gasteiger partial charge in [0.1, 0.15) is 6.33 Å². The van der Waals surface area contributed by atoms with E-state index in [4.69, 9.17) is 11.6 Å². The van der Waals surface area contributed by atoms with Crippen LogP contribution in [0, 0.1) is 0 Å². The van der Waals surface area contributed by atoms with Gasteiger partial charge in [-0.1, -0.05) is 30.7 Å². The first-order valence-electron chi connectivity index (χ1n) is 7.52. The second kappa shape index (κ2) is 6.81. The van der Waals surface area contributed by atoms with E-state index in [1.807, 2.05) is 25.1 Å². The molecule has 0 spiro atoms. The lowest BCUT2D eigenvalue weighted by atomic mass is 9.95. The Morgan fingerprint density at radius 3 is 2.46 bits per heavy atom. The molecule has 0 amide bonds. The number of aromatic carboxylic acids is 1. The summed E-state index contributed by atoms with van der Waals surface area (Å²) < 4.78 is 0. The van der Waals surface area contributed by atoms with Crippen molar-refractivity contribution in [1.82, 2.24) is 9.97 Å². The number of hydrogen-bond donors (Lipinski definition) is 1. The summed E-state index contributed by atoms with van der Waals surface area (Å²) in [5.41, 5.74) is 4.46. The van der Waals surface area contributed by atoms with E-state index in [0.29, 0.717) is 5.02 Å². The van der Waals surface area contributed by atoms with Crippen LogP contribution in [0.1, 0.15) is 23.0 Å². The summed E-state index contributed by atoms with van der Waals surface area (Å²) in [6, 6.07) is 12.6. The topological polar surface area (TPSA) is 63.1 Å². The molecule has 2 aromatic carbocycles. The highest BCUT2D eigenvalue weighted by molar-refractivity contribution is 6.30. The smallest absolute Gasteiger partial charge is 0.335 e. The number of aryl methyl sites for hydroxylation is 1. The lowest BCUT2D eigenvalue weighted by Gasteiger charge is -2.11. The minimum absolute atomic E-state index is 0.225. The van der Waals surface area contributed by atoms with Crippen molar-refractivity contribution >= 4 is 17.6 Å². The summed E-state index contributed by atoms with van der Waals surface area (Å²) in [4.78, 5) is 19.9. The maximum Gasteiger partial charge on any atom is 0.335 e. The number of carbonyl (C=O) groups is 1. The molecule has 120 valence electrons. The average molecular weight is 339 g/mol. The number of carboxylic acids is 1. The van der Waals surface area contributed by atoms with Crippen LogP contribution in [0.2, 0.25) is 5.02 Å². The van der Waals surface area contributed by atoms with Crippen molar-refractivity contribution in [3.8, 4) is 22.3 Å². The van der Waals surface area contributed by atoms with Crippen LogP contribution in [0.3, 0.4) is 0 Å². The molecule has 0 saturated heterocycles. The van der Waals surface area contributed by atoms with E-state index >= 15 is 0 Å². The highest BCUT2D eigenvalue weighted by Crippen LogP contribution is 2.30. The quantitative estimate of drug-likeness (QED) is 0.747. The number of rotatable bonds is 4. The summed E-state index contributed by atoms with van der Waals surface area (Å²) >= 11 is 5.94. The van der Waals surface area contributed by atoms with Crippen molar-refractivity contribution in [3.63, 3.8) is 0 Å². The molecule has 1 heterocycles. The number of benzene rings is 2. The molecule has 24 heavy (non-hydrogen) atoms. The third-order valence-electron chi connectivity index (χ3n) is 3.80. The lowest BCUT2D eigenvalue weighted by Crippen LogP contribution is -1.99. The fourth-order valence-corrected chi connectivity index (χ4v) is 2.72. The second-order valence-corrected chi connectivity index (χ2v) is 5.78. The van der Waals surface area contributed by atoms with E-state index in [0.717, 1.165) is 34.4 Å². The van der Waals surface area contributed by atoms with Gasteiger partial charge in [0.15, 0.2) is 0 Å². The Morgan fingerprint density at radius 1 is 1.08 bits per heavy atom.